The smallest absolute Gasteiger partial charge is 0.232 e. The molecule has 3 heteroatoms. The van der Waals surface area contributed by atoms with Crippen molar-refractivity contribution in [2.45, 2.75) is 39.0 Å². The van der Waals surface area contributed by atoms with Crippen molar-refractivity contribution in [3.63, 3.8) is 0 Å². The number of likely N-dealkylation sites (N-methyl/N-ethyl adjacent to an activating group) is 1. The molecule has 0 fully saturated rings. The quantitative estimate of drug-likeness (QED) is 0.814. The number of hydrogen-bond donors (Lipinski definition) is 1. The van der Waals surface area contributed by atoms with Gasteiger partial charge in [-0.05, 0) is 38.0 Å². The fraction of sp³-hybridized carbons (Fsp3) is 0.533. The molecule has 0 aliphatic carbocycles. The summed E-state index contributed by atoms with van der Waals surface area (Å²) < 4.78 is 0. The van der Waals surface area contributed by atoms with Gasteiger partial charge in [0, 0.05) is 19.3 Å². The molecule has 18 heavy (non-hydrogen) atoms. The Kier molecular flexibility index (Phi) is 4.76. The Labute approximate surface area is 110 Å². The number of nitrogens with zero attached hydrogens (tertiary/aromatic N) is 1. The van der Waals surface area contributed by atoms with Crippen LogP contribution in [0.2, 0.25) is 0 Å². The van der Waals surface area contributed by atoms with E-state index in [1.54, 1.807) is 0 Å². The van der Waals surface area contributed by atoms with Crippen LogP contribution >= 0.6 is 0 Å². The summed E-state index contributed by atoms with van der Waals surface area (Å²) in [4.78, 5) is 14.3. The zero-order valence-electron chi connectivity index (χ0n) is 11.9. The molecule has 0 aliphatic rings. The lowest BCUT2D eigenvalue weighted by Gasteiger charge is -2.30. The summed E-state index contributed by atoms with van der Waals surface area (Å²) in [6, 6.07) is 7.55. The van der Waals surface area contributed by atoms with Gasteiger partial charge in [0.05, 0.1) is 5.41 Å². The molecule has 0 unspecified atom stereocenters. The van der Waals surface area contributed by atoms with E-state index in [-0.39, 0.29) is 5.91 Å². The zero-order valence-corrected chi connectivity index (χ0v) is 11.9. The molecule has 1 aromatic carbocycles. The van der Waals surface area contributed by atoms with E-state index in [0.29, 0.717) is 0 Å². The van der Waals surface area contributed by atoms with E-state index >= 15 is 0 Å². The molecule has 0 atom stereocenters. The van der Waals surface area contributed by atoms with Crippen molar-refractivity contribution < 1.29 is 4.79 Å². The standard InChI is InChI=1S/C15H24N2O/c1-5-6-11-17(4)14(18)15(2,3)12-7-9-13(16)10-8-12/h7-10H,5-6,11,16H2,1-4H3. The molecule has 0 aliphatic heterocycles. The zero-order chi connectivity index (χ0) is 13.8. The maximum Gasteiger partial charge on any atom is 0.232 e. The summed E-state index contributed by atoms with van der Waals surface area (Å²) in [5.74, 6) is 0.153. The second-order valence-corrected chi connectivity index (χ2v) is 5.33. The van der Waals surface area contributed by atoms with Crippen LogP contribution < -0.4 is 5.73 Å². The van der Waals surface area contributed by atoms with Gasteiger partial charge in [-0.2, -0.15) is 0 Å². The van der Waals surface area contributed by atoms with Crippen molar-refractivity contribution in [2.75, 3.05) is 19.3 Å². The summed E-state index contributed by atoms with van der Waals surface area (Å²) in [6.07, 6.45) is 2.14. The largest absolute Gasteiger partial charge is 0.399 e. The second kappa shape index (κ2) is 5.89. The average Bonchev–Trinajstić information content (AvgIpc) is 2.35. The maximum absolute atomic E-state index is 12.5. The molecule has 1 aromatic rings. The van der Waals surface area contributed by atoms with Gasteiger partial charge in [-0.1, -0.05) is 25.5 Å². The molecule has 0 aromatic heterocycles. The van der Waals surface area contributed by atoms with E-state index in [4.69, 9.17) is 5.73 Å². The van der Waals surface area contributed by atoms with Crippen LogP contribution in [0.15, 0.2) is 24.3 Å². The minimum Gasteiger partial charge on any atom is -0.399 e. The van der Waals surface area contributed by atoms with E-state index in [0.717, 1.165) is 30.6 Å². The number of nitrogen functional groups attached to an aromatic ring is 1. The van der Waals surface area contributed by atoms with Gasteiger partial charge in [-0.3, -0.25) is 4.79 Å². The molecule has 100 valence electrons. The van der Waals surface area contributed by atoms with Crippen molar-refractivity contribution >= 4 is 11.6 Å². The summed E-state index contributed by atoms with van der Waals surface area (Å²) in [5.41, 5.74) is 6.90. The summed E-state index contributed by atoms with van der Waals surface area (Å²) in [6.45, 7) is 6.86. The number of benzene rings is 1. The highest BCUT2D eigenvalue weighted by atomic mass is 16.2. The SMILES string of the molecule is CCCCN(C)C(=O)C(C)(C)c1ccc(N)cc1. The van der Waals surface area contributed by atoms with Gasteiger partial charge >= 0.3 is 0 Å². The van der Waals surface area contributed by atoms with E-state index in [1.165, 1.54) is 0 Å². The minimum atomic E-state index is -0.504. The van der Waals surface area contributed by atoms with Gasteiger partial charge in [0.1, 0.15) is 0 Å². The number of unbranched alkanes of at least 4 members (excludes halogenated alkanes) is 1. The molecule has 2 N–H and O–H groups in total. The Hall–Kier alpha value is -1.51. The molecule has 3 nitrogen and oxygen atoms in total. The lowest BCUT2D eigenvalue weighted by molar-refractivity contribution is -0.135. The van der Waals surface area contributed by atoms with Gasteiger partial charge in [0.2, 0.25) is 5.91 Å². The number of anilines is 1. The number of hydrogen-bond acceptors (Lipinski definition) is 2. The van der Waals surface area contributed by atoms with Crippen LogP contribution in [-0.4, -0.2) is 24.4 Å². The Morgan fingerprint density at radius 1 is 1.28 bits per heavy atom. The third-order valence-corrected chi connectivity index (χ3v) is 3.36. The number of amides is 1. The second-order valence-electron chi connectivity index (χ2n) is 5.33. The number of carbonyl (C=O) groups excluding carboxylic acids is 1. The predicted octanol–water partition coefficient (Wildman–Crippen LogP) is 2.80. The van der Waals surface area contributed by atoms with Crippen LogP contribution in [-0.2, 0) is 10.2 Å². The van der Waals surface area contributed by atoms with E-state index in [2.05, 4.69) is 6.92 Å². The Balaban J connectivity index is 2.84. The van der Waals surface area contributed by atoms with Crippen LogP contribution in [0.5, 0.6) is 0 Å². The third kappa shape index (κ3) is 3.25. The Morgan fingerprint density at radius 2 is 1.83 bits per heavy atom. The van der Waals surface area contributed by atoms with Crippen LogP contribution in [0.1, 0.15) is 39.2 Å². The lowest BCUT2D eigenvalue weighted by Crippen LogP contribution is -2.41. The van der Waals surface area contributed by atoms with E-state index in [1.807, 2.05) is 50.1 Å². The molecule has 0 bridgehead atoms. The van der Waals surface area contributed by atoms with Crippen molar-refractivity contribution in [2.24, 2.45) is 0 Å². The molecular weight excluding hydrogens is 224 g/mol. The fourth-order valence-electron chi connectivity index (χ4n) is 2.00. The first kappa shape index (κ1) is 14.6. The van der Waals surface area contributed by atoms with Crippen molar-refractivity contribution in [1.29, 1.82) is 0 Å². The molecule has 0 radical (unpaired) electrons. The van der Waals surface area contributed by atoms with Crippen molar-refractivity contribution in [3.05, 3.63) is 29.8 Å². The van der Waals surface area contributed by atoms with Crippen LogP contribution in [0.3, 0.4) is 0 Å². The van der Waals surface area contributed by atoms with Gasteiger partial charge in [0.15, 0.2) is 0 Å². The summed E-state index contributed by atoms with van der Waals surface area (Å²) >= 11 is 0. The van der Waals surface area contributed by atoms with Crippen LogP contribution in [0.4, 0.5) is 5.69 Å². The first-order valence-electron chi connectivity index (χ1n) is 6.51. The van der Waals surface area contributed by atoms with Crippen molar-refractivity contribution in [3.8, 4) is 0 Å². The fourth-order valence-corrected chi connectivity index (χ4v) is 2.00. The van der Waals surface area contributed by atoms with Gasteiger partial charge in [-0.25, -0.2) is 0 Å². The predicted molar refractivity (Wildman–Crippen MR) is 76.4 cm³/mol. The van der Waals surface area contributed by atoms with Crippen molar-refractivity contribution in [1.82, 2.24) is 4.90 Å². The summed E-state index contributed by atoms with van der Waals surface area (Å²) in [7, 11) is 1.87. The number of carbonyl (C=O) groups is 1. The molecular formula is C15H24N2O. The first-order chi connectivity index (χ1) is 8.39. The van der Waals surface area contributed by atoms with Gasteiger partial charge in [0.25, 0.3) is 0 Å². The monoisotopic (exact) mass is 248 g/mol. The first-order valence-corrected chi connectivity index (χ1v) is 6.51. The highest BCUT2D eigenvalue weighted by Crippen LogP contribution is 2.26. The van der Waals surface area contributed by atoms with E-state index < -0.39 is 5.41 Å². The molecule has 0 saturated heterocycles. The van der Waals surface area contributed by atoms with Crippen LogP contribution in [0.25, 0.3) is 0 Å². The normalized spacial score (nSPS) is 11.3. The Morgan fingerprint density at radius 3 is 2.33 bits per heavy atom. The van der Waals surface area contributed by atoms with Gasteiger partial charge < -0.3 is 10.6 Å². The highest BCUT2D eigenvalue weighted by Gasteiger charge is 2.31. The molecule has 1 rings (SSSR count). The Bertz CT molecular complexity index is 395. The molecule has 1 amide bonds. The van der Waals surface area contributed by atoms with E-state index in [9.17, 15) is 4.79 Å². The third-order valence-electron chi connectivity index (χ3n) is 3.36. The van der Waals surface area contributed by atoms with Gasteiger partial charge in [-0.15, -0.1) is 0 Å². The summed E-state index contributed by atoms with van der Waals surface area (Å²) in [5, 5.41) is 0. The highest BCUT2D eigenvalue weighted by molar-refractivity contribution is 5.87. The molecule has 0 spiro atoms. The topological polar surface area (TPSA) is 46.3 Å². The van der Waals surface area contributed by atoms with Crippen LogP contribution in [0, 0.1) is 0 Å². The maximum atomic E-state index is 12.5. The average molecular weight is 248 g/mol. The minimum absolute atomic E-state index is 0.153. The lowest BCUT2D eigenvalue weighted by atomic mass is 9.83. The number of rotatable bonds is 5. The molecule has 0 heterocycles. The number of nitrogens with two attached hydrogens (primary N) is 1. The molecule has 0 saturated carbocycles.